The van der Waals surface area contributed by atoms with E-state index in [0.29, 0.717) is 17.0 Å². The summed E-state index contributed by atoms with van der Waals surface area (Å²) in [6.45, 7) is 3.90. The molecule has 1 aromatic carbocycles. The second-order valence-corrected chi connectivity index (χ2v) is 5.44. The molecule has 0 saturated heterocycles. The molecule has 0 bridgehead atoms. The topological polar surface area (TPSA) is 73.0 Å². The van der Waals surface area contributed by atoms with E-state index in [1.54, 1.807) is 24.5 Å². The molecular weight excluding hydrogens is 290 g/mol. The monoisotopic (exact) mass is 303 g/mol. The average molecular weight is 303 g/mol. The Morgan fingerprint density at radius 3 is 2.78 bits per heavy atom. The van der Waals surface area contributed by atoms with Gasteiger partial charge in [-0.25, -0.2) is 4.98 Å². The molecule has 0 saturated carbocycles. The predicted octanol–water partition coefficient (Wildman–Crippen LogP) is 2.77. The van der Waals surface area contributed by atoms with E-state index >= 15 is 0 Å². The third-order valence-corrected chi connectivity index (χ3v) is 3.93. The summed E-state index contributed by atoms with van der Waals surface area (Å²) in [5, 5.41) is 8.61. The Morgan fingerprint density at radius 2 is 2.00 bits per heavy atom. The van der Waals surface area contributed by atoms with Gasteiger partial charge in [0.05, 0.1) is 16.7 Å². The number of aldehydes is 1. The smallest absolute Gasteiger partial charge is 0.183 e. The number of carbonyl (C=O) groups excluding carboxylic acids is 1. The summed E-state index contributed by atoms with van der Waals surface area (Å²) in [5.74, 6) is 0.698. The third-order valence-electron chi connectivity index (χ3n) is 3.93. The first-order valence-corrected chi connectivity index (χ1v) is 7.20. The molecule has 4 rings (SSSR count). The number of rotatable bonds is 2. The highest BCUT2D eigenvalue weighted by Crippen LogP contribution is 2.26. The summed E-state index contributed by atoms with van der Waals surface area (Å²) in [6, 6.07) is 7.34. The van der Waals surface area contributed by atoms with E-state index in [1.807, 2.05) is 30.4 Å². The van der Waals surface area contributed by atoms with Crippen molar-refractivity contribution < 1.29 is 4.79 Å². The van der Waals surface area contributed by atoms with E-state index in [4.69, 9.17) is 0 Å². The maximum absolute atomic E-state index is 11.1. The number of hydrogen-bond donors (Lipinski definition) is 0. The van der Waals surface area contributed by atoms with Crippen LogP contribution in [0.2, 0.25) is 0 Å². The van der Waals surface area contributed by atoms with Crippen molar-refractivity contribution in [1.82, 2.24) is 24.6 Å². The SMILES string of the molecule is Cc1ccncc1-c1nnc2c(C)nc3ccc(C=O)cc3n12. The molecule has 0 amide bonds. The second kappa shape index (κ2) is 4.95. The van der Waals surface area contributed by atoms with Gasteiger partial charge in [0.1, 0.15) is 6.29 Å². The number of aromatic nitrogens is 5. The van der Waals surface area contributed by atoms with Crippen LogP contribution in [-0.2, 0) is 0 Å². The van der Waals surface area contributed by atoms with Crippen molar-refractivity contribution in [3.05, 3.63) is 53.5 Å². The van der Waals surface area contributed by atoms with E-state index in [0.717, 1.165) is 34.1 Å². The lowest BCUT2D eigenvalue weighted by molar-refractivity contribution is 0.112. The number of aryl methyl sites for hydroxylation is 2. The fourth-order valence-electron chi connectivity index (χ4n) is 2.74. The van der Waals surface area contributed by atoms with E-state index in [1.165, 1.54) is 0 Å². The Bertz CT molecular complexity index is 1070. The van der Waals surface area contributed by atoms with Crippen LogP contribution in [0.5, 0.6) is 0 Å². The zero-order chi connectivity index (χ0) is 16.0. The molecule has 3 heterocycles. The first-order chi connectivity index (χ1) is 11.2. The third kappa shape index (κ3) is 1.99. The molecule has 112 valence electrons. The quantitative estimate of drug-likeness (QED) is 0.532. The zero-order valence-electron chi connectivity index (χ0n) is 12.7. The number of carbonyl (C=O) groups is 1. The summed E-state index contributed by atoms with van der Waals surface area (Å²) in [6.07, 6.45) is 4.35. The maximum atomic E-state index is 11.1. The molecule has 0 unspecified atom stereocenters. The van der Waals surface area contributed by atoms with Crippen molar-refractivity contribution in [2.45, 2.75) is 13.8 Å². The van der Waals surface area contributed by atoms with E-state index in [-0.39, 0.29) is 0 Å². The van der Waals surface area contributed by atoms with Gasteiger partial charge >= 0.3 is 0 Å². The van der Waals surface area contributed by atoms with Crippen LogP contribution in [0, 0.1) is 13.8 Å². The molecule has 4 aromatic rings. The highest BCUT2D eigenvalue weighted by atomic mass is 16.1. The van der Waals surface area contributed by atoms with Crippen molar-refractivity contribution in [1.29, 1.82) is 0 Å². The Hall–Kier alpha value is -3.15. The first kappa shape index (κ1) is 13.5. The van der Waals surface area contributed by atoms with Gasteiger partial charge in [0.25, 0.3) is 0 Å². The number of hydrogen-bond acceptors (Lipinski definition) is 5. The molecule has 0 aliphatic rings. The van der Waals surface area contributed by atoms with Crippen LogP contribution in [0.4, 0.5) is 0 Å². The van der Waals surface area contributed by atoms with Gasteiger partial charge in [-0.15, -0.1) is 10.2 Å². The predicted molar refractivity (Wildman–Crippen MR) is 86.4 cm³/mol. The zero-order valence-corrected chi connectivity index (χ0v) is 12.7. The van der Waals surface area contributed by atoms with Crippen molar-refractivity contribution in [2.75, 3.05) is 0 Å². The lowest BCUT2D eigenvalue weighted by atomic mass is 10.1. The van der Waals surface area contributed by atoms with Crippen LogP contribution >= 0.6 is 0 Å². The number of nitrogens with zero attached hydrogens (tertiary/aromatic N) is 5. The Morgan fingerprint density at radius 1 is 1.13 bits per heavy atom. The molecule has 0 fully saturated rings. The normalized spacial score (nSPS) is 11.2. The molecule has 0 spiro atoms. The van der Waals surface area contributed by atoms with Gasteiger partial charge < -0.3 is 0 Å². The Labute approximate surface area is 131 Å². The molecule has 0 radical (unpaired) electrons. The van der Waals surface area contributed by atoms with Gasteiger partial charge in [-0.05, 0) is 43.7 Å². The molecule has 0 N–H and O–H groups in total. The minimum Gasteiger partial charge on any atom is -0.298 e. The molecule has 3 aromatic heterocycles. The average Bonchev–Trinajstić information content (AvgIpc) is 3.01. The lowest BCUT2D eigenvalue weighted by Crippen LogP contribution is -1.99. The molecule has 6 nitrogen and oxygen atoms in total. The van der Waals surface area contributed by atoms with Gasteiger partial charge in [0.2, 0.25) is 0 Å². The molecule has 0 aliphatic heterocycles. The lowest BCUT2D eigenvalue weighted by Gasteiger charge is -2.08. The number of benzene rings is 1. The van der Waals surface area contributed by atoms with Crippen molar-refractivity contribution in [2.24, 2.45) is 0 Å². The van der Waals surface area contributed by atoms with Crippen molar-refractivity contribution in [3.63, 3.8) is 0 Å². The van der Waals surface area contributed by atoms with Gasteiger partial charge in [-0.3, -0.25) is 14.2 Å². The Balaban J connectivity index is 2.18. The Kier molecular flexibility index (Phi) is 2.90. The first-order valence-electron chi connectivity index (χ1n) is 7.20. The van der Waals surface area contributed by atoms with E-state index in [2.05, 4.69) is 20.2 Å². The van der Waals surface area contributed by atoms with Crippen LogP contribution in [0.1, 0.15) is 21.6 Å². The number of fused-ring (bicyclic) bond motifs is 3. The minimum atomic E-state index is 0.590. The van der Waals surface area contributed by atoms with Crippen LogP contribution in [0.3, 0.4) is 0 Å². The molecular formula is C17H13N5O. The highest BCUT2D eigenvalue weighted by Gasteiger charge is 2.16. The second-order valence-electron chi connectivity index (χ2n) is 5.44. The summed E-state index contributed by atoms with van der Waals surface area (Å²) >= 11 is 0. The van der Waals surface area contributed by atoms with Gasteiger partial charge in [0, 0.05) is 23.5 Å². The highest BCUT2D eigenvalue weighted by molar-refractivity contribution is 5.87. The largest absolute Gasteiger partial charge is 0.298 e. The van der Waals surface area contributed by atoms with Crippen LogP contribution in [-0.4, -0.2) is 30.9 Å². The van der Waals surface area contributed by atoms with Gasteiger partial charge in [-0.2, -0.15) is 0 Å². The number of pyridine rings is 1. The van der Waals surface area contributed by atoms with Gasteiger partial charge in [-0.1, -0.05) is 0 Å². The van der Waals surface area contributed by atoms with Crippen LogP contribution < -0.4 is 0 Å². The van der Waals surface area contributed by atoms with Crippen LogP contribution in [0.15, 0.2) is 36.7 Å². The van der Waals surface area contributed by atoms with Crippen LogP contribution in [0.25, 0.3) is 28.1 Å². The van der Waals surface area contributed by atoms with Gasteiger partial charge in [0.15, 0.2) is 11.5 Å². The molecule has 23 heavy (non-hydrogen) atoms. The standard InChI is InChI=1S/C17H13N5O/c1-10-5-6-18-8-13(10)17-21-20-16-11(2)19-14-4-3-12(9-23)7-15(14)22(16)17/h3-9H,1-2H3. The summed E-state index contributed by atoms with van der Waals surface area (Å²) in [4.78, 5) is 19.9. The molecule has 0 aliphatic carbocycles. The van der Waals surface area contributed by atoms with Crippen molar-refractivity contribution in [3.8, 4) is 11.4 Å². The fourth-order valence-corrected chi connectivity index (χ4v) is 2.74. The van der Waals surface area contributed by atoms with Crippen molar-refractivity contribution >= 4 is 23.0 Å². The van der Waals surface area contributed by atoms with E-state index in [9.17, 15) is 4.79 Å². The molecule has 0 atom stereocenters. The van der Waals surface area contributed by atoms with E-state index < -0.39 is 0 Å². The summed E-state index contributed by atoms with van der Waals surface area (Å²) in [5.41, 5.74) is 5.62. The maximum Gasteiger partial charge on any atom is 0.183 e. The summed E-state index contributed by atoms with van der Waals surface area (Å²) < 4.78 is 1.94. The molecule has 6 heteroatoms. The fraction of sp³-hybridized carbons (Fsp3) is 0.118. The minimum absolute atomic E-state index is 0.590. The summed E-state index contributed by atoms with van der Waals surface area (Å²) in [7, 11) is 0.